The van der Waals surface area contributed by atoms with Crippen LogP contribution >= 0.6 is 0 Å². The van der Waals surface area contributed by atoms with E-state index in [1.165, 1.54) is 12.1 Å². The molecule has 3 saturated carbocycles. The first-order chi connectivity index (χ1) is 12.1. The maximum Gasteiger partial charge on any atom is 0.223 e. The van der Waals surface area contributed by atoms with Gasteiger partial charge in [0.25, 0.3) is 0 Å². The molecule has 0 aromatic heterocycles. The second kappa shape index (κ2) is 6.77. The molecule has 4 nitrogen and oxygen atoms in total. The van der Waals surface area contributed by atoms with Crippen molar-refractivity contribution in [3.63, 3.8) is 0 Å². The number of rotatable bonds is 5. The van der Waals surface area contributed by atoms with E-state index in [1.54, 1.807) is 12.1 Å². The Bertz CT molecular complexity index is 656. The Morgan fingerprint density at radius 3 is 2.32 bits per heavy atom. The molecule has 0 unspecified atom stereocenters. The Morgan fingerprint density at radius 2 is 1.60 bits per heavy atom. The highest BCUT2D eigenvalue weighted by molar-refractivity contribution is 5.83. The van der Waals surface area contributed by atoms with Crippen LogP contribution in [0.2, 0.25) is 0 Å². The third-order valence-corrected chi connectivity index (χ3v) is 5.74. The number of halogens is 1. The summed E-state index contributed by atoms with van der Waals surface area (Å²) in [4.78, 5) is 24.7. The average Bonchev–Trinajstić information content (AvgIpc) is 3.50. The molecular formula is C20H25FN2O2. The lowest BCUT2D eigenvalue weighted by molar-refractivity contribution is -0.128. The normalized spacial score (nSPS) is 31.2. The number of carbonyl (C=O) groups excluding carboxylic acids is 2. The first-order valence-electron chi connectivity index (χ1n) is 9.46. The van der Waals surface area contributed by atoms with E-state index >= 15 is 0 Å². The van der Waals surface area contributed by atoms with Crippen LogP contribution in [0.25, 0.3) is 0 Å². The summed E-state index contributed by atoms with van der Waals surface area (Å²) in [7, 11) is 0. The molecule has 3 aliphatic carbocycles. The summed E-state index contributed by atoms with van der Waals surface area (Å²) in [5.41, 5.74) is 1.03. The predicted octanol–water partition coefficient (Wildman–Crippen LogP) is 2.88. The molecule has 1 aromatic rings. The number of carbonyl (C=O) groups is 2. The van der Waals surface area contributed by atoms with E-state index in [0.717, 1.165) is 50.5 Å². The monoisotopic (exact) mass is 344 g/mol. The fourth-order valence-electron chi connectivity index (χ4n) is 3.98. The molecule has 3 aliphatic rings. The van der Waals surface area contributed by atoms with Crippen molar-refractivity contribution in [2.24, 2.45) is 11.8 Å². The summed E-state index contributed by atoms with van der Waals surface area (Å²) >= 11 is 0. The van der Waals surface area contributed by atoms with Crippen molar-refractivity contribution in [1.82, 2.24) is 10.6 Å². The standard InChI is InChI=1S/C20H25FN2O2/c21-14-6-4-12(5-7-14)17-11-18(17)20(25)23-16-3-1-2-13(10-16)19(24)22-15-8-9-15/h4-7,13,15-18H,1-3,8-11H2,(H,22,24)(H,23,25)/t13-,16+,17+,18-/m1/s1. The summed E-state index contributed by atoms with van der Waals surface area (Å²) in [6.45, 7) is 0. The predicted molar refractivity (Wildman–Crippen MR) is 92.3 cm³/mol. The third-order valence-electron chi connectivity index (χ3n) is 5.74. The van der Waals surface area contributed by atoms with Crippen molar-refractivity contribution in [3.8, 4) is 0 Å². The molecule has 3 fully saturated rings. The zero-order chi connectivity index (χ0) is 17.4. The van der Waals surface area contributed by atoms with Crippen LogP contribution in [0.15, 0.2) is 24.3 Å². The molecule has 2 amide bonds. The number of hydrogen-bond acceptors (Lipinski definition) is 2. The van der Waals surface area contributed by atoms with Crippen LogP contribution in [0, 0.1) is 17.7 Å². The Kier molecular flexibility index (Phi) is 4.48. The molecule has 0 saturated heterocycles. The number of hydrogen-bond donors (Lipinski definition) is 2. The van der Waals surface area contributed by atoms with Crippen LogP contribution < -0.4 is 10.6 Å². The average molecular weight is 344 g/mol. The fraction of sp³-hybridized carbons (Fsp3) is 0.600. The quantitative estimate of drug-likeness (QED) is 0.863. The van der Waals surface area contributed by atoms with E-state index in [-0.39, 0.29) is 41.4 Å². The minimum absolute atomic E-state index is 0.00821. The molecular weight excluding hydrogens is 319 g/mol. The van der Waals surface area contributed by atoms with E-state index in [0.29, 0.717) is 6.04 Å². The molecule has 0 radical (unpaired) electrons. The van der Waals surface area contributed by atoms with Crippen LogP contribution in [0.3, 0.4) is 0 Å². The SMILES string of the molecule is O=C(NC1CC1)[C@@H]1CCC[C@H](NC(=O)[C@@H]2C[C@H]2c2ccc(F)cc2)C1. The smallest absolute Gasteiger partial charge is 0.223 e. The van der Waals surface area contributed by atoms with Gasteiger partial charge in [-0.25, -0.2) is 4.39 Å². The zero-order valence-corrected chi connectivity index (χ0v) is 14.3. The van der Waals surface area contributed by atoms with Crippen LogP contribution in [0.1, 0.15) is 56.4 Å². The van der Waals surface area contributed by atoms with Gasteiger partial charge in [0.15, 0.2) is 0 Å². The van der Waals surface area contributed by atoms with Gasteiger partial charge < -0.3 is 10.6 Å². The summed E-state index contributed by atoms with van der Waals surface area (Å²) < 4.78 is 13.0. The van der Waals surface area contributed by atoms with Gasteiger partial charge in [0.05, 0.1) is 0 Å². The minimum Gasteiger partial charge on any atom is -0.353 e. The van der Waals surface area contributed by atoms with E-state index in [4.69, 9.17) is 0 Å². The van der Waals surface area contributed by atoms with Gasteiger partial charge in [-0.15, -0.1) is 0 Å². The van der Waals surface area contributed by atoms with Crippen LogP contribution in [-0.2, 0) is 9.59 Å². The Labute approximate surface area is 147 Å². The number of nitrogens with one attached hydrogen (secondary N) is 2. The van der Waals surface area contributed by atoms with Gasteiger partial charge >= 0.3 is 0 Å². The van der Waals surface area contributed by atoms with Crippen LogP contribution in [0.5, 0.6) is 0 Å². The van der Waals surface area contributed by atoms with Gasteiger partial charge in [-0.2, -0.15) is 0 Å². The molecule has 5 heteroatoms. The molecule has 0 aliphatic heterocycles. The topological polar surface area (TPSA) is 58.2 Å². The Hall–Kier alpha value is -1.91. The highest BCUT2D eigenvalue weighted by Crippen LogP contribution is 2.47. The summed E-state index contributed by atoms with van der Waals surface area (Å²) in [5.74, 6) is 0.235. The first kappa shape index (κ1) is 16.6. The van der Waals surface area contributed by atoms with Crippen molar-refractivity contribution < 1.29 is 14.0 Å². The number of amides is 2. The lowest BCUT2D eigenvalue weighted by Crippen LogP contribution is -2.43. The third kappa shape index (κ3) is 4.02. The molecule has 0 bridgehead atoms. The molecule has 4 rings (SSSR count). The van der Waals surface area contributed by atoms with Crippen molar-refractivity contribution in [2.45, 2.75) is 62.9 Å². The van der Waals surface area contributed by atoms with E-state index in [1.807, 2.05) is 0 Å². The largest absolute Gasteiger partial charge is 0.353 e. The van der Waals surface area contributed by atoms with Crippen LogP contribution in [0.4, 0.5) is 4.39 Å². The maximum absolute atomic E-state index is 13.0. The lowest BCUT2D eigenvalue weighted by atomic mass is 9.85. The summed E-state index contributed by atoms with van der Waals surface area (Å²) in [6.07, 6.45) is 6.64. The second-order valence-corrected chi connectivity index (χ2v) is 7.85. The summed E-state index contributed by atoms with van der Waals surface area (Å²) in [5, 5.41) is 6.24. The van der Waals surface area contributed by atoms with Crippen molar-refractivity contribution in [3.05, 3.63) is 35.6 Å². The van der Waals surface area contributed by atoms with E-state index < -0.39 is 0 Å². The van der Waals surface area contributed by atoms with Crippen molar-refractivity contribution in [1.29, 1.82) is 0 Å². The van der Waals surface area contributed by atoms with Gasteiger partial charge in [-0.1, -0.05) is 18.6 Å². The Balaban J connectivity index is 1.27. The minimum atomic E-state index is -0.247. The molecule has 134 valence electrons. The van der Waals surface area contributed by atoms with Gasteiger partial charge in [0.2, 0.25) is 11.8 Å². The fourth-order valence-corrected chi connectivity index (χ4v) is 3.98. The van der Waals surface area contributed by atoms with E-state index in [9.17, 15) is 14.0 Å². The first-order valence-corrected chi connectivity index (χ1v) is 9.46. The molecule has 0 heterocycles. The van der Waals surface area contributed by atoms with Gasteiger partial charge in [-0.3, -0.25) is 9.59 Å². The molecule has 1 aromatic carbocycles. The summed E-state index contributed by atoms with van der Waals surface area (Å²) in [6, 6.07) is 6.94. The van der Waals surface area contributed by atoms with Crippen molar-refractivity contribution >= 4 is 11.8 Å². The lowest BCUT2D eigenvalue weighted by Gasteiger charge is -2.29. The molecule has 25 heavy (non-hydrogen) atoms. The van der Waals surface area contributed by atoms with Gasteiger partial charge in [0.1, 0.15) is 5.82 Å². The highest BCUT2D eigenvalue weighted by atomic mass is 19.1. The van der Waals surface area contributed by atoms with Gasteiger partial charge in [0, 0.05) is 23.9 Å². The number of benzene rings is 1. The zero-order valence-electron chi connectivity index (χ0n) is 14.3. The molecule has 0 spiro atoms. The maximum atomic E-state index is 13.0. The molecule has 2 N–H and O–H groups in total. The highest BCUT2D eigenvalue weighted by Gasteiger charge is 2.44. The van der Waals surface area contributed by atoms with Crippen LogP contribution in [-0.4, -0.2) is 23.9 Å². The van der Waals surface area contributed by atoms with Crippen molar-refractivity contribution in [2.75, 3.05) is 0 Å². The second-order valence-electron chi connectivity index (χ2n) is 7.85. The van der Waals surface area contributed by atoms with E-state index in [2.05, 4.69) is 10.6 Å². The molecule has 4 atom stereocenters. The Morgan fingerprint density at radius 1 is 0.880 bits per heavy atom. The van der Waals surface area contributed by atoms with Gasteiger partial charge in [-0.05, 0) is 62.1 Å².